The van der Waals surface area contributed by atoms with Gasteiger partial charge in [-0.3, -0.25) is 4.79 Å². The van der Waals surface area contributed by atoms with Crippen LogP contribution in [0.2, 0.25) is 0 Å². The lowest BCUT2D eigenvalue weighted by molar-refractivity contribution is 0.100. The van der Waals surface area contributed by atoms with Gasteiger partial charge in [0.1, 0.15) is 4.60 Å². The van der Waals surface area contributed by atoms with E-state index in [1.54, 1.807) is 30.5 Å². The first-order chi connectivity index (χ1) is 7.70. The third kappa shape index (κ3) is 4.70. The summed E-state index contributed by atoms with van der Waals surface area (Å²) in [6.45, 7) is 0. The number of hydrogen-bond donors (Lipinski definition) is 1. The van der Waals surface area contributed by atoms with Gasteiger partial charge in [0.25, 0.3) is 0 Å². The van der Waals surface area contributed by atoms with Crippen LogP contribution in [0.25, 0.3) is 0 Å². The highest BCUT2D eigenvalue weighted by Gasteiger charge is 1.93. The highest BCUT2D eigenvalue weighted by atomic mass is 79.9. The fourth-order valence-electron chi connectivity index (χ4n) is 0.944. The Labute approximate surface area is 102 Å². The van der Waals surface area contributed by atoms with E-state index in [-0.39, 0.29) is 5.91 Å². The first-order valence-electron chi connectivity index (χ1n) is 4.61. The lowest BCUT2D eigenvalue weighted by atomic mass is 10.2. The molecule has 0 saturated heterocycles. The molecule has 0 radical (unpaired) electrons. The number of aromatic nitrogens is 1. The molecule has 2 N–H and O–H groups in total. The summed E-state index contributed by atoms with van der Waals surface area (Å²) in [5, 5.41) is 0. The van der Waals surface area contributed by atoms with Crippen LogP contribution in [-0.2, 0) is 0 Å². The molecule has 0 saturated carbocycles. The van der Waals surface area contributed by atoms with Gasteiger partial charge in [-0.1, -0.05) is 24.3 Å². The molecule has 0 aliphatic carbocycles. The summed E-state index contributed by atoms with van der Waals surface area (Å²) in [6.07, 6.45) is 1.74. The molecule has 0 bridgehead atoms. The van der Waals surface area contributed by atoms with Crippen molar-refractivity contribution >= 4 is 21.8 Å². The van der Waals surface area contributed by atoms with E-state index in [9.17, 15) is 4.79 Å². The van der Waals surface area contributed by atoms with E-state index < -0.39 is 0 Å². The van der Waals surface area contributed by atoms with Crippen LogP contribution in [0.1, 0.15) is 10.4 Å². The Bertz CT molecular complexity index is 431. The number of hydrogen-bond acceptors (Lipinski definition) is 2. The largest absolute Gasteiger partial charge is 0.366 e. The summed E-state index contributed by atoms with van der Waals surface area (Å²) in [4.78, 5) is 14.3. The summed E-state index contributed by atoms with van der Waals surface area (Å²) < 4.78 is 0.884. The minimum Gasteiger partial charge on any atom is -0.366 e. The Morgan fingerprint density at radius 1 is 1.06 bits per heavy atom. The molecule has 82 valence electrons. The Morgan fingerprint density at radius 2 is 1.69 bits per heavy atom. The fourth-order valence-corrected chi connectivity index (χ4v) is 1.22. The van der Waals surface area contributed by atoms with Crippen LogP contribution in [0.3, 0.4) is 0 Å². The van der Waals surface area contributed by atoms with E-state index in [1.165, 1.54) is 0 Å². The first-order valence-corrected chi connectivity index (χ1v) is 5.41. The van der Waals surface area contributed by atoms with Gasteiger partial charge in [-0.25, -0.2) is 4.98 Å². The molecule has 2 rings (SSSR count). The molecule has 16 heavy (non-hydrogen) atoms. The molecule has 1 amide bonds. The van der Waals surface area contributed by atoms with E-state index in [0.717, 1.165) is 4.60 Å². The molecule has 3 nitrogen and oxygen atoms in total. The molecule has 0 aliphatic heterocycles. The predicted octanol–water partition coefficient (Wildman–Crippen LogP) is 2.63. The van der Waals surface area contributed by atoms with Crippen LogP contribution >= 0.6 is 15.9 Å². The normalized spacial score (nSPS) is 8.81. The Kier molecular flexibility index (Phi) is 5.22. The van der Waals surface area contributed by atoms with Gasteiger partial charge in [-0.05, 0) is 40.2 Å². The Morgan fingerprint density at radius 3 is 2.00 bits per heavy atom. The van der Waals surface area contributed by atoms with Crippen molar-refractivity contribution in [3.8, 4) is 0 Å². The van der Waals surface area contributed by atoms with Gasteiger partial charge in [-0.15, -0.1) is 0 Å². The van der Waals surface area contributed by atoms with Crippen LogP contribution in [0.4, 0.5) is 0 Å². The molecular weight excluding hydrogens is 268 g/mol. The monoisotopic (exact) mass is 278 g/mol. The van der Waals surface area contributed by atoms with Crippen molar-refractivity contribution in [3.63, 3.8) is 0 Å². The second-order valence-corrected chi connectivity index (χ2v) is 3.70. The maximum Gasteiger partial charge on any atom is 0.248 e. The lowest BCUT2D eigenvalue weighted by Crippen LogP contribution is -2.09. The van der Waals surface area contributed by atoms with Gasteiger partial charge >= 0.3 is 0 Å². The van der Waals surface area contributed by atoms with Gasteiger partial charge in [0.2, 0.25) is 5.91 Å². The zero-order valence-corrected chi connectivity index (χ0v) is 10.1. The van der Waals surface area contributed by atoms with Gasteiger partial charge in [0, 0.05) is 11.8 Å². The number of benzene rings is 1. The molecule has 0 spiro atoms. The maximum atomic E-state index is 10.4. The van der Waals surface area contributed by atoms with Crippen molar-refractivity contribution in [2.45, 2.75) is 0 Å². The molecule has 0 fully saturated rings. The molecule has 0 unspecified atom stereocenters. The summed E-state index contributed by atoms with van der Waals surface area (Å²) in [5.41, 5.74) is 5.53. The second kappa shape index (κ2) is 6.74. The molecular formula is C12H11BrN2O. The molecule has 1 heterocycles. The van der Waals surface area contributed by atoms with E-state index >= 15 is 0 Å². The average molecular weight is 279 g/mol. The maximum absolute atomic E-state index is 10.4. The molecule has 0 atom stereocenters. The standard InChI is InChI=1S/C7H7NO.C5H4BrN/c8-7(9)6-4-2-1-3-5-6;6-5-3-1-2-4-7-5/h1-5H,(H2,8,9);1-4H. The van der Waals surface area contributed by atoms with Crippen molar-refractivity contribution in [1.82, 2.24) is 4.98 Å². The van der Waals surface area contributed by atoms with Crippen molar-refractivity contribution < 1.29 is 4.79 Å². The highest BCUT2D eigenvalue weighted by molar-refractivity contribution is 9.10. The summed E-state index contributed by atoms with van der Waals surface area (Å²) in [7, 11) is 0. The number of rotatable bonds is 1. The number of pyridine rings is 1. The first kappa shape index (κ1) is 12.4. The Balaban J connectivity index is 0.000000165. The third-order valence-corrected chi connectivity index (χ3v) is 2.16. The minimum atomic E-state index is -0.379. The van der Waals surface area contributed by atoms with Gasteiger partial charge in [-0.2, -0.15) is 0 Å². The molecule has 1 aromatic heterocycles. The van der Waals surface area contributed by atoms with Crippen LogP contribution in [-0.4, -0.2) is 10.9 Å². The number of nitrogens with zero attached hydrogens (tertiary/aromatic N) is 1. The quantitative estimate of drug-likeness (QED) is 0.816. The molecule has 1 aromatic carbocycles. The van der Waals surface area contributed by atoms with Crippen molar-refractivity contribution in [2.75, 3.05) is 0 Å². The van der Waals surface area contributed by atoms with Gasteiger partial charge in [0.05, 0.1) is 0 Å². The average Bonchev–Trinajstić information content (AvgIpc) is 2.32. The molecule has 2 aromatic rings. The number of carbonyl (C=O) groups is 1. The summed E-state index contributed by atoms with van der Waals surface area (Å²) in [5.74, 6) is -0.379. The number of amides is 1. The van der Waals surface area contributed by atoms with E-state index in [4.69, 9.17) is 5.73 Å². The van der Waals surface area contributed by atoms with Crippen LogP contribution < -0.4 is 5.73 Å². The van der Waals surface area contributed by atoms with E-state index in [0.29, 0.717) is 5.56 Å². The number of halogens is 1. The SMILES string of the molecule is Brc1ccccn1.NC(=O)c1ccccc1. The predicted molar refractivity (Wildman–Crippen MR) is 66.9 cm³/mol. The lowest BCUT2D eigenvalue weighted by Gasteiger charge is -1.89. The second-order valence-electron chi connectivity index (χ2n) is 2.88. The summed E-state index contributed by atoms with van der Waals surface area (Å²) in [6, 6.07) is 14.5. The van der Waals surface area contributed by atoms with Crippen molar-refractivity contribution in [1.29, 1.82) is 0 Å². The summed E-state index contributed by atoms with van der Waals surface area (Å²) >= 11 is 3.20. The highest BCUT2D eigenvalue weighted by Crippen LogP contribution is 2.00. The minimum absolute atomic E-state index is 0.379. The zero-order chi connectivity index (χ0) is 11.8. The smallest absolute Gasteiger partial charge is 0.248 e. The van der Waals surface area contributed by atoms with Gasteiger partial charge < -0.3 is 5.73 Å². The van der Waals surface area contributed by atoms with E-state index in [2.05, 4.69) is 20.9 Å². The zero-order valence-electron chi connectivity index (χ0n) is 8.51. The third-order valence-electron chi connectivity index (χ3n) is 1.69. The van der Waals surface area contributed by atoms with Gasteiger partial charge in [0.15, 0.2) is 0 Å². The van der Waals surface area contributed by atoms with Crippen molar-refractivity contribution in [2.24, 2.45) is 5.73 Å². The van der Waals surface area contributed by atoms with Crippen LogP contribution in [0, 0.1) is 0 Å². The number of nitrogens with two attached hydrogens (primary N) is 1. The van der Waals surface area contributed by atoms with E-state index in [1.807, 2.05) is 24.3 Å². The molecule has 4 heteroatoms. The van der Waals surface area contributed by atoms with Crippen LogP contribution in [0.15, 0.2) is 59.3 Å². The number of carbonyl (C=O) groups excluding carboxylic acids is 1. The Hall–Kier alpha value is -1.68. The van der Waals surface area contributed by atoms with Crippen molar-refractivity contribution in [3.05, 3.63) is 64.9 Å². The van der Waals surface area contributed by atoms with Crippen LogP contribution in [0.5, 0.6) is 0 Å². The molecule has 0 aliphatic rings. The topological polar surface area (TPSA) is 56.0 Å². The number of primary amides is 1. The fraction of sp³-hybridized carbons (Fsp3) is 0.